The fraction of sp³-hybridized carbons (Fsp3) is 0. The summed E-state index contributed by atoms with van der Waals surface area (Å²) in [5, 5.41) is 2.50. The van der Waals surface area contributed by atoms with Gasteiger partial charge in [0, 0.05) is 6.07 Å². The van der Waals surface area contributed by atoms with Gasteiger partial charge in [-0.3, -0.25) is 4.55 Å². The van der Waals surface area contributed by atoms with Crippen LogP contribution in [0.2, 0.25) is 0 Å². The Bertz CT molecular complexity index is 282. The smallest absolute Gasteiger partial charge is 1.00 e. The van der Waals surface area contributed by atoms with Crippen molar-refractivity contribution in [2.45, 2.75) is 5.03 Å². The van der Waals surface area contributed by atoms with E-state index in [0.717, 1.165) is 12.3 Å². The zero-order valence-corrected chi connectivity index (χ0v) is 8.00. The third kappa shape index (κ3) is 2.39. The van der Waals surface area contributed by atoms with Crippen molar-refractivity contribution in [2.24, 2.45) is 0 Å². The maximum atomic E-state index is 10.1. The molecule has 1 heterocycles. The number of aromatic nitrogens is 1. The minimum absolute atomic E-state index is 0. The Morgan fingerprint density at radius 2 is 2.30 bits per heavy atom. The molecule has 1 aromatic rings. The van der Waals surface area contributed by atoms with Crippen molar-refractivity contribution in [3.8, 4) is 0 Å². The summed E-state index contributed by atoms with van der Waals surface area (Å²) in [6.07, 6.45) is 1.06. The van der Waals surface area contributed by atoms with Gasteiger partial charge in [0.1, 0.15) is 6.26 Å². The largest absolute Gasteiger partial charge is 1.00 e. The molecule has 1 aromatic heterocycles. The Morgan fingerprint density at radius 1 is 1.70 bits per heavy atom. The third-order valence-corrected chi connectivity index (χ3v) is 1.42. The first kappa shape index (κ1) is 10.1. The van der Waals surface area contributed by atoms with E-state index >= 15 is 0 Å². The first-order valence-electron chi connectivity index (χ1n) is 1.98. The molecule has 0 radical (unpaired) electrons. The van der Waals surface area contributed by atoms with Crippen LogP contribution in [0.1, 0.15) is 1.43 Å². The van der Waals surface area contributed by atoms with Gasteiger partial charge in [-0.2, -0.15) is 8.42 Å². The monoisotopic (exact) mass is 173 g/mol. The molecule has 0 saturated heterocycles. The van der Waals surface area contributed by atoms with E-state index in [9.17, 15) is 8.42 Å². The second-order valence-electron chi connectivity index (χ2n) is 1.31. The van der Waals surface area contributed by atoms with Crippen molar-refractivity contribution < 1.29 is 48.5 Å². The summed E-state index contributed by atoms with van der Waals surface area (Å²) in [5.41, 5.74) is 0. The van der Waals surface area contributed by atoms with Crippen LogP contribution in [0.4, 0.5) is 0 Å². The summed E-state index contributed by atoms with van der Waals surface area (Å²) in [6, 6.07) is 1.05. The van der Waals surface area contributed by atoms with Crippen molar-refractivity contribution >= 4 is 10.1 Å². The van der Waals surface area contributed by atoms with Gasteiger partial charge >= 0.3 is 39.7 Å². The number of nitrogens with zero attached hydrogens (tertiary/aromatic N) is 1. The Balaban J connectivity index is 0. The molecule has 1 N–H and O–H groups in total. The number of hydrogen-bond acceptors (Lipinski definition) is 4. The second-order valence-corrected chi connectivity index (χ2v) is 2.68. The maximum Gasteiger partial charge on any atom is 1.00 e. The summed E-state index contributed by atoms with van der Waals surface area (Å²) in [5.74, 6) is 0. The normalized spacial score (nSPS) is 10.5. The number of hydrogen-bond donors (Lipinski definition) is 1. The van der Waals surface area contributed by atoms with Gasteiger partial charge in [0.2, 0.25) is 5.03 Å². The molecular weight excluding hydrogens is 169 g/mol. The summed E-state index contributed by atoms with van der Waals surface area (Å²) in [6.45, 7) is 0. The van der Waals surface area contributed by atoms with E-state index in [1.807, 2.05) is 0 Å². The molecule has 0 bridgehead atoms. The molecule has 10 heavy (non-hydrogen) atoms. The summed E-state index contributed by atoms with van der Waals surface area (Å²) < 4.78 is 32.6. The molecule has 0 atom stereocenters. The predicted molar refractivity (Wildman–Crippen MR) is 27.4 cm³/mol. The first-order valence-corrected chi connectivity index (χ1v) is 3.42. The molecule has 0 aromatic carbocycles. The Labute approximate surface area is 80.9 Å². The molecule has 0 saturated carbocycles. The van der Waals surface area contributed by atoms with Crippen molar-refractivity contribution in [2.75, 3.05) is 0 Å². The zero-order chi connectivity index (χ0) is 6.91. The maximum absolute atomic E-state index is 10.1. The van der Waals surface area contributed by atoms with Crippen molar-refractivity contribution in [1.29, 1.82) is 0 Å². The van der Waals surface area contributed by atoms with E-state index in [4.69, 9.17) is 4.55 Å². The molecule has 0 aliphatic heterocycles. The van der Waals surface area contributed by atoms with Gasteiger partial charge in [-0.1, -0.05) is 5.16 Å². The van der Waals surface area contributed by atoms with Crippen molar-refractivity contribution in [1.82, 2.24) is 5.16 Å². The van der Waals surface area contributed by atoms with E-state index in [2.05, 4.69) is 9.68 Å². The van der Waals surface area contributed by atoms with Gasteiger partial charge in [-0.15, -0.1) is 0 Å². The van der Waals surface area contributed by atoms with Crippen LogP contribution in [0.15, 0.2) is 21.9 Å². The minimum atomic E-state index is -4.16. The first-order chi connectivity index (χ1) is 4.11. The Morgan fingerprint density at radius 3 is 2.50 bits per heavy atom. The Hall–Kier alpha value is 0.120. The molecule has 0 aliphatic carbocycles. The van der Waals surface area contributed by atoms with E-state index in [0.29, 0.717) is 0 Å². The van der Waals surface area contributed by atoms with Gasteiger partial charge in [0.15, 0.2) is 0 Å². The van der Waals surface area contributed by atoms with Gasteiger partial charge in [-0.25, -0.2) is 0 Å². The average Bonchev–Trinajstić information content (AvgIpc) is 2.08. The van der Waals surface area contributed by atoms with Gasteiger partial charge < -0.3 is 5.95 Å². The molecule has 0 fully saturated rings. The SMILES string of the molecule is O=S(=O)(O)c1ccon1.[H-].[Na+]. The third-order valence-electron chi connectivity index (χ3n) is 0.678. The summed E-state index contributed by atoms with van der Waals surface area (Å²) >= 11 is 0. The van der Waals surface area contributed by atoms with Crippen LogP contribution in [0.25, 0.3) is 0 Å². The molecule has 0 unspecified atom stereocenters. The minimum Gasteiger partial charge on any atom is -1.00 e. The van der Waals surface area contributed by atoms with E-state index in [1.54, 1.807) is 0 Å². The average molecular weight is 173 g/mol. The molecule has 0 spiro atoms. The van der Waals surface area contributed by atoms with Crippen LogP contribution in [-0.2, 0) is 10.1 Å². The fourth-order valence-corrected chi connectivity index (χ4v) is 0.699. The zero-order valence-electron chi connectivity index (χ0n) is 6.18. The van der Waals surface area contributed by atoms with E-state index in [-0.39, 0.29) is 31.0 Å². The quantitative estimate of drug-likeness (QED) is 0.362. The molecule has 0 aliphatic rings. The molecule has 1 rings (SSSR count). The molecule has 5 nitrogen and oxygen atoms in total. The van der Waals surface area contributed by atoms with Crippen molar-refractivity contribution in [3.05, 3.63) is 12.3 Å². The molecule has 52 valence electrons. The fourth-order valence-electron chi connectivity index (χ4n) is 0.335. The molecule has 7 heteroatoms. The van der Waals surface area contributed by atoms with Gasteiger partial charge in [0.05, 0.1) is 0 Å². The Kier molecular flexibility index (Phi) is 3.54. The molecule has 0 amide bonds. The number of rotatable bonds is 1. The predicted octanol–water partition coefficient (Wildman–Crippen LogP) is -2.96. The van der Waals surface area contributed by atoms with Crippen LogP contribution in [0, 0.1) is 0 Å². The molecular formula is C3H4NNaO4S. The van der Waals surface area contributed by atoms with Crippen molar-refractivity contribution in [3.63, 3.8) is 0 Å². The van der Waals surface area contributed by atoms with E-state index in [1.165, 1.54) is 0 Å². The van der Waals surface area contributed by atoms with Crippen LogP contribution >= 0.6 is 0 Å². The van der Waals surface area contributed by atoms with Crippen LogP contribution < -0.4 is 29.6 Å². The van der Waals surface area contributed by atoms with Gasteiger partial charge in [-0.05, 0) is 0 Å². The van der Waals surface area contributed by atoms with Crippen LogP contribution in [0.5, 0.6) is 0 Å². The van der Waals surface area contributed by atoms with Crippen LogP contribution in [0.3, 0.4) is 0 Å². The summed E-state index contributed by atoms with van der Waals surface area (Å²) in [7, 11) is -4.16. The van der Waals surface area contributed by atoms with E-state index < -0.39 is 15.1 Å². The van der Waals surface area contributed by atoms with Gasteiger partial charge in [0.25, 0.3) is 0 Å². The standard InChI is InChI=1S/C3H3NO4S.Na.H/c5-9(6,7)3-1-2-8-4-3;;/h1-2H,(H,5,6,7);;/q;+1;-1. The second kappa shape index (κ2) is 3.49. The topological polar surface area (TPSA) is 80.4 Å². The van der Waals surface area contributed by atoms with Crippen LogP contribution in [-0.4, -0.2) is 18.1 Å². The summed E-state index contributed by atoms with van der Waals surface area (Å²) in [4.78, 5) is 0.